The predicted octanol–water partition coefficient (Wildman–Crippen LogP) is 5.78. The van der Waals surface area contributed by atoms with Crippen LogP contribution in [0, 0.1) is 0 Å². The Morgan fingerprint density at radius 2 is 0.706 bits per heavy atom. The third-order valence-electron chi connectivity index (χ3n) is 10.5. The first-order valence-electron chi connectivity index (χ1n) is 20.1. The van der Waals surface area contributed by atoms with Gasteiger partial charge in [0.05, 0.1) is 25.0 Å². The summed E-state index contributed by atoms with van der Waals surface area (Å²) in [5.74, 6) is -3.45. The van der Waals surface area contributed by atoms with Crippen molar-refractivity contribution in [3.05, 3.63) is 226 Å². The molecule has 2 aliphatic rings. The van der Waals surface area contributed by atoms with Crippen molar-refractivity contribution in [1.82, 2.24) is 19.8 Å². The van der Waals surface area contributed by atoms with Crippen molar-refractivity contribution in [3.8, 4) is 0 Å². The first kappa shape index (κ1) is 51.2. The van der Waals surface area contributed by atoms with Crippen LogP contribution in [-0.4, -0.2) is 67.9 Å². The molecular formula is C52H34Ag2N4O10. The summed E-state index contributed by atoms with van der Waals surface area (Å²) in [6, 6.07) is 40.4. The average molecular weight is 1090 g/mol. The number of carbonyl (C=O) groups is 8. The van der Waals surface area contributed by atoms with E-state index in [1.807, 2.05) is 72.8 Å². The van der Waals surface area contributed by atoms with Gasteiger partial charge in [0.25, 0.3) is 23.6 Å². The number of hydrogen-bond acceptors (Lipinski definition) is 12. The number of aromatic carboxylic acids is 2. The van der Waals surface area contributed by atoms with Gasteiger partial charge in [0, 0.05) is 68.9 Å². The Morgan fingerprint density at radius 1 is 0.426 bits per heavy atom. The number of amides is 4. The van der Waals surface area contributed by atoms with Crippen LogP contribution < -0.4 is 10.2 Å². The van der Waals surface area contributed by atoms with E-state index >= 15 is 0 Å². The molecule has 16 heteroatoms. The van der Waals surface area contributed by atoms with Crippen LogP contribution in [-0.2, 0) is 57.9 Å². The third kappa shape index (κ3) is 11.6. The van der Waals surface area contributed by atoms with E-state index in [1.54, 1.807) is 49.1 Å². The van der Waals surface area contributed by atoms with Crippen LogP contribution in [0.3, 0.4) is 0 Å². The number of hydrogen-bond donors (Lipinski definition) is 0. The largest absolute Gasteiger partial charge is 1.00 e. The standard InChI is InChI=1S/2C18H12N2O2.2C8H6O3.2Ag/c2*21-17-14-5-1-3-13-4-2-6-15(16(13)14)18(22)20(17)11-12-7-9-19-10-8-12;2*9-5-6-1-3-7(4-2-6)8(10)11;;/h2*1-10H,11H2;2*1-5H,(H,10,11);;/q;;;;2*+1/p-2. The maximum absolute atomic E-state index is 12.7. The van der Waals surface area contributed by atoms with Crippen LogP contribution >= 0.6 is 0 Å². The Balaban J connectivity index is 0.000000177. The van der Waals surface area contributed by atoms with Crippen molar-refractivity contribution in [2.75, 3.05) is 0 Å². The van der Waals surface area contributed by atoms with Crippen molar-refractivity contribution < 1.29 is 93.3 Å². The molecule has 10 rings (SSSR count). The fourth-order valence-corrected chi connectivity index (χ4v) is 7.19. The second-order valence-corrected chi connectivity index (χ2v) is 14.6. The minimum Gasteiger partial charge on any atom is -0.545 e. The molecule has 0 radical (unpaired) electrons. The molecule has 6 aromatic carbocycles. The molecule has 0 atom stereocenters. The normalized spacial score (nSPS) is 11.8. The number of nitrogens with zero attached hydrogens (tertiary/aromatic N) is 4. The van der Waals surface area contributed by atoms with Crippen LogP contribution in [0.1, 0.15) is 94.0 Å². The molecule has 0 saturated heterocycles. The number of carbonyl (C=O) groups excluding carboxylic acids is 8. The topological polar surface area (TPSA) is 215 Å². The minimum absolute atomic E-state index is 0. The van der Waals surface area contributed by atoms with Crippen molar-refractivity contribution in [1.29, 1.82) is 0 Å². The van der Waals surface area contributed by atoms with Gasteiger partial charge < -0.3 is 19.8 Å². The smallest absolute Gasteiger partial charge is 0.545 e. The van der Waals surface area contributed by atoms with E-state index in [9.17, 15) is 48.6 Å². The molecule has 0 spiro atoms. The second kappa shape index (κ2) is 23.6. The van der Waals surface area contributed by atoms with E-state index in [2.05, 4.69) is 9.97 Å². The average Bonchev–Trinajstić information content (AvgIpc) is 3.36. The maximum Gasteiger partial charge on any atom is 1.00 e. The molecule has 2 aromatic heterocycles. The van der Waals surface area contributed by atoms with Crippen LogP contribution in [0.4, 0.5) is 0 Å². The zero-order chi connectivity index (χ0) is 46.7. The predicted molar refractivity (Wildman–Crippen MR) is 237 cm³/mol. The maximum atomic E-state index is 12.7. The van der Waals surface area contributed by atoms with Crippen LogP contribution in [0.2, 0.25) is 0 Å². The summed E-state index contributed by atoms with van der Waals surface area (Å²) in [4.78, 5) is 102. The zero-order valence-electron chi connectivity index (χ0n) is 35.2. The van der Waals surface area contributed by atoms with Gasteiger partial charge in [-0.1, -0.05) is 97.1 Å². The van der Waals surface area contributed by atoms with E-state index in [1.165, 1.54) is 58.3 Å². The molecule has 4 heterocycles. The molecule has 0 aliphatic carbocycles. The van der Waals surface area contributed by atoms with Gasteiger partial charge in [-0.25, -0.2) is 0 Å². The van der Waals surface area contributed by atoms with E-state index in [0.29, 0.717) is 46.0 Å². The van der Waals surface area contributed by atoms with Crippen LogP contribution in [0.5, 0.6) is 0 Å². The number of imide groups is 2. The van der Waals surface area contributed by atoms with E-state index in [4.69, 9.17) is 0 Å². The molecule has 344 valence electrons. The van der Waals surface area contributed by atoms with Gasteiger partial charge in [0.15, 0.2) is 0 Å². The van der Waals surface area contributed by atoms with Crippen LogP contribution in [0.25, 0.3) is 21.5 Å². The number of carboxylic acids is 2. The van der Waals surface area contributed by atoms with E-state index in [0.717, 1.165) is 32.7 Å². The molecule has 0 unspecified atom stereocenters. The van der Waals surface area contributed by atoms with Crippen molar-refractivity contribution in [2.24, 2.45) is 0 Å². The van der Waals surface area contributed by atoms with Gasteiger partial charge in [-0.3, -0.25) is 48.5 Å². The molecule has 2 aliphatic heterocycles. The number of aldehydes is 2. The first-order chi connectivity index (χ1) is 32.0. The summed E-state index contributed by atoms with van der Waals surface area (Å²) < 4.78 is 0. The van der Waals surface area contributed by atoms with Crippen molar-refractivity contribution >= 4 is 69.7 Å². The number of pyridine rings is 2. The molecule has 0 saturated carbocycles. The first-order valence-corrected chi connectivity index (χ1v) is 20.1. The third-order valence-corrected chi connectivity index (χ3v) is 10.5. The molecule has 4 amide bonds. The summed E-state index contributed by atoms with van der Waals surface area (Å²) in [5.41, 5.74) is 5.16. The second-order valence-electron chi connectivity index (χ2n) is 14.6. The number of benzene rings is 6. The Hall–Kier alpha value is -7.82. The van der Waals surface area contributed by atoms with Crippen LogP contribution in [0.15, 0.2) is 170 Å². The number of aromatic nitrogens is 2. The molecule has 0 N–H and O–H groups in total. The minimum atomic E-state index is -1.23. The molecule has 8 aromatic rings. The van der Waals surface area contributed by atoms with Gasteiger partial charge in [-0.15, -0.1) is 0 Å². The summed E-state index contributed by atoms with van der Waals surface area (Å²) in [7, 11) is 0. The molecule has 0 bridgehead atoms. The molecule has 14 nitrogen and oxygen atoms in total. The summed E-state index contributed by atoms with van der Waals surface area (Å²) in [6.45, 7) is 0.510. The quantitative estimate of drug-likeness (QED) is 0.101. The van der Waals surface area contributed by atoms with Crippen molar-refractivity contribution in [2.45, 2.75) is 13.1 Å². The molecule has 0 fully saturated rings. The summed E-state index contributed by atoms with van der Waals surface area (Å²) in [5, 5.41) is 23.7. The number of carboxylic acid groups (broad SMARTS) is 2. The van der Waals surface area contributed by atoms with Crippen molar-refractivity contribution in [3.63, 3.8) is 0 Å². The molecular weight excluding hydrogens is 1060 g/mol. The van der Waals surface area contributed by atoms with Gasteiger partial charge >= 0.3 is 44.8 Å². The zero-order valence-corrected chi connectivity index (χ0v) is 38.2. The van der Waals surface area contributed by atoms with E-state index < -0.39 is 11.9 Å². The van der Waals surface area contributed by atoms with Gasteiger partial charge in [-0.2, -0.15) is 0 Å². The Bertz CT molecular complexity index is 2860. The SMILES string of the molecule is O=C1c2cccc3cccc(c23)C(=O)N1Cc1ccncc1.O=C1c2cccc3cccc(c23)C(=O)N1Cc1ccncc1.O=Cc1ccc(C(=O)[O-])cc1.O=Cc1ccc(C(=O)[O-])cc1.[Ag+].[Ag+]. The van der Waals surface area contributed by atoms with Gasteiger partial charge in [0.2, 0.25) is 0 Å². The fourth-order valence-electron chi connectivity index (χ4n) is 7.19. The Morgan fingerprint density at radius 3 is 0.956 bits per heavy atom. The Kier molecular flexibility index (Phi) is 17.7. The summed E-state index contributed by atoms with van der Waals surface area (Å²) in [6.07, 6.45) is 7.93. The number of rotatable bonds is 8. The molecule has 68 heavy (non-hydrogen) atoms. The van der Waals surface area contributed by atoms with Gasteiger partial charge in [-0.05, 0) is 81.6 Å². The van der Waals surface area contributed by atoms with Gasteiger partial charge in [0.1, 0.15) is 12.6 Å². The monoisotopic (exact) mass is 1090 g/mol. The fraction of sp³-hybridized carbons (Fsp3) is 0.0385. The van der Waals surface area contributed by atoms with E-state index in [-0.39, 0.29) is 92.6 Å². The summed E-state index contributed by atoms with van der Waals surface area (Å²) >= 11 is 0. The Labute approximate surface area is 419 Å².